The monoisotopic (exact) mass is 802 g/mol. The lowest BCUT2D eigenvalue weighted by Crippen LogP contribution is -2.09. The molecule has 0 fully saturated rings. The van der Waals surface area contributed by atoms with Crippen LogP contribution >= 0.6 is 0 Å². The van der Waals surface area contributed by atoms with Crippen LogP contribution < -0.4 is 0 Å². The minimum absolute atomic E-state index is 0.922. The molecule has 4 heterocycles. The molecule has 0 N–H and O–H groups in total. The molecule has 63 heavy (non-hydrogen) atoms. The lowest BCUT2D eigenvalue weighted by atomic mass is 9.98. The average molecular weight is 803 g/mol. The first-order valence-corrected chi connectivity index (χ1v) is 21.6. The van der Waals surface area contributed by atoms with E-state index in [0.29, 0.717) is 0 Å². The molecule has 294 valence electrons. The maximum atomic E-state index is 5.42. The Balaban J connectivity index is 1.07. The minimum Gasteiger partial charge on any atom is -0.307 e. The van der Waals surface area contributed by atoms with Crippen molar-refractivity contribution in [2.45, 2.75) is 0 Å². The number of rotatable bonds is 6. The maximum absolute atomic E-state index is 5.42. The molecule has 4 nitrogen and oxygen atoms in total. The van der Waals surface area contributed by atoms with E-state index in [2.05, 4.69) is 244 Å². The van der Waals surface area contributed by atoms with Crippen LogP contribution in [0.4, 0.5) is 0 Å². The summed E-state index contributed by atoms with van der Waals surface area (Å²) in [6.45, 7) is 0. The van der Waals surface area contributed by atoms with Crippen molar-refractivity contribution in [2.75, 3.05) is 0 Å². The summed E-state index contributed by atoms with van der Waals surface area (Å²) in [5.74, 6) is 0. The van der Waals surface area contributed by atoms with Gasteiger partial charge >= 0.3 is 0 Å². The lowest BCUT2D eigenvalue weighted by Gasteiger charge is -2.16. The summed E-state index contributed by atoms with van der Waals surface area (Å²) >= 11 is 0. The molecular formula is C59H38N4. The van der Waals surface area contributed by atoms with Gasteiger partial charge < -0.3 is 4.57 Å². The third-order valence-corrected chi connectivity index (χ3v) is 12.8. The quantitative estimate of drug-likeness (QED) is 0.165. The molecule has 0 aliphatic carbocycles. The first kappa shape index (κ1) is 35.3. The number of para-hydroxylation sites is 4. The fourth-order valence-corrected chi connectivity index (χ4v) is 9.96. The molecule has 13 rings (SSSR count). The summed E-state index contributed by atoms with van der Waals surface area (Å²) in [7, 11) is 0. The Morgan fingerprint density at radius 1 is 0.254 bits per heavy atom. The number of pyridine rings is 1. The van der Waals surface area contributed by atoms with Gasteiger partial charge in [-0.3, -0.25) is 0 Å². The molecule has 0 aliphatic rings. The van der Waals surface area contributed by atoms with Crippen LogP contribution in [0.25, 0.3) is 116 Å². The van der Waals surface area contributed by atoms with Crippen molar-refractivity contribution >= 4 is 65.4 Å². The van der Waals surface area contributed by atoms with Gasteiger partial charge in [0.1, 0.15) is 0 Å². The molecule has 0 atom stereocenters. The largest absolute Gasteiger partial charge is 0.307 e. The number of benzene rings is 9. The first-order chi connectivity index (χ1) is 31.3. The van der Waals surface area contributed by atoms with Gasteiger partial charge in [0.25, 0.3) is 0 Å². The highest BCUT2D eigenvalue weighted by Crippen LogP contribution is 2.43. The van der Waals surface area contributed by atoms with Crippen LogP contribution in [0, 0.1) is 0 Å². The molecule has 4 aromatic heterocycles. The fourth-order valence-electron chi connectivity index (χ4n) is 9.96. The minimum atomic E-state index is 0.922. The topological polar surface area (TPSA) is 27.7 Å². The van der Waals surface area contributed by atoms with E-state index >= 15 is 0 Å². The molecule has 9 aromatic carbocycles. The molecule has 0 saturated carbocycles. The van der Waals surface area contributed by atoms with E-state index < -0.39 is 0 Å². The molecule has 0 aliphatic heterocycles. The van der Waals surface area contributed by atoms with Crippen LogP contribution in [0.2, 0.25) is 0 Å². The van der Waals surface area contributed by atoms with E-state index in [9.17, 15) is 0 Å². The van der Waals surface area contributed by atoms with Crippen molar-refractivity contribution in [3.63, 3.8) is 0 Å². The molecular weight excluding hydrogens is 765 g/mol. The van der Waals surface area contributed by atoms with Crippen LogP contribution in [-0.4, -0.2) is 18.9 Å². The summed E-state index contributed by atoms with van der Waals surface area (Å²) in [6, 6.07) is 83.2. The molecule has 4 heteroatoms. The van der Waals surface area contributed by atoms with Gasteiger partial charge in [0.2, 0.25) is 0 Å². The predicted molar refractivity (Wildman–Crippen MR) is 264 cm³/mol. The second-order valence-corrected chi connectivity index (χ2v) is 16.4. The molecule has 0 spiro atoms. The highest BCUT2D eigenvalue weighted by atomic mass is 15.5. The third kappa shape index (κ3) is 5.52. The Morgan fingerprint density at radius 3 is 1.30 bits per heavy atom. The second kappa shape index (κ2) is 14.1. The van der Waals surface area contributed by atoms with E-state index in [1.165, 1.54) is 43.4 Å². The molecule has 0 amide bonds. The molecule has 0 saturated heterocycles. The standard InChI is InChI=1S/C59H38N4/c1-3-16-39(17-4-1)41-30-32-42(33-31-41)52-37-44(40-18-5-2-6-19-40)38-53(60-52)43-20-15-21-45(36-43)61-54-26-11-7-24-48(54)50-34-35-51-49-25-10-14-29-57(49)63(59(51)58(50)61)62-55-27-12-8-22-46(55)47-23-9-13-28-56(47)62/h1-38H. The Labute approximate surface area is 363 Å². The Hall–Kier alpha value is -8.47. The zero-order valence-electron chi connectivity index (χ0n) is 34.2. The number of hydrogen-bond acceptors (Lipinski definition) is 1. The maximum Gasteiger partial charge on any atom is 0.0963 e. The predicted octanol–water partition coefficient (Wildman–Crippen LogP) is 15.4. The van der Waals surface area contributed by atoms with E-state index in [-0.39, 0.29) is 0 Å². The van der Waals surface area contributed by atoms with Crippen LogP contribution in [0.5, 0.6) is 0 Å². The number of aromatic nitrogens is 4. The molecule has 0 bridgehead atoms. The van der Waals surface area contributed by atoms with Gasteiger partial charge in [-0.2, -0.15) is 0 Å². The van der Waals surface area contributed by atoms with Crippen LogP contribution in [0.3, 0.4) is 0 Å². The summed E-state index contributed by atoms with van der Waals surface area (Å²) in [4.78, 5) is 5.42. The highest BCUT2D eigenvalue weighted by Gasteiger charge is 2.23. The average Bonchev–Trinajstić information content (AvgIpc) is 4.00. The van der Waals surface area contributed by atoms with Crippen LogP contribution in [0.1, 0.15) is 0 Å². The van der Waals surface area contributed by atoms with Crippen molar-refractivity contribution in [3.05, 3.63) is 231 Å². The zero-order chi connectivity index (χ0) is 41.4. The Kier molecular flexibility index (Phi) is 7.87. The van der Waals surface area contributed by atoms with Gasteiger partial charge in [-0.1, -0.05) is 182 Å². The SMILES string of the molecule is c1ccc(-c2ccc(-c3cc(-c4ccccc4)cc(-c4cccc(-n5c6ccccc6c6ccc7c8ccccc8n(-n8c9ccccc9c9ccccc98)c7c65)c4)n3)cc2)cc1. The third-order valence-electron chi connectivity index (χ3n) is 12.8. The van der Waals surface area contributed by atoms with E-state index in [4.69, 9.17) is 4.98 Å². The van der Waals surface area contributed by atoms with Crippen molar-refractivity contribution in [1.29, 1.82) is 0 Å². The Morgan fingerprint density at radius 2 is 0.683 bits per heavy atom. The summed E-state index contributed by atoms with van der Waals surface area (Å²) < 4.78 is 7.38. The van der Waals surface area contributed by atoms with E-state index in [1.807, 2.05) is 0 Å². The van der Waals surface area contributed by atoms with Gasteiger partial charge in [-0.25, -0.2) is 14.3 Å². The van der Waals surface area contributed by atoms with Gasteiger partial charge in [-0.05, 0) is 70.8 Å². The van der Waals surface area contributed by atoms with E-state index in [1.54, 1.807) is 0 Å². The van der Waals surface area contributed by atoms with Crippen molar-refractivity contribution in [1.82, 2.24) is 18.9 Å². The van der Waals surface area contributed by atoms with Crippen LogP contribution in [-0.2, 0) is 0 Å². The van der Waals surface area contributed by atoms with Crippen molar-refractivity contribution < 1.29 is 0 Å². The Bertz CT molecular complexity index is 3840. The van der Waals surface area contributed by atoms with Gasteiger partial charge in [0.05, 0.1) is 44.5 Å². The summed E-state index contributed by atoms with van der Waals surface area (Å²) in [5.41, 5.74) is 16.7. The first-order valence-electron chi connectivity index (χ1n) is 21.6. The smallest absolute Gasteiger partial charge is 0.0963 e. The second-order valence-electron chi connectivity index (χ2n) is 16.4. The summed E-state index contributed by atoms with van der Waals surface area (Å²) in [5, 5.41) is 7.31. The van der Waals surface area contributed by atoms with Crippen molar-refractivity contribution in [3.8, 4) is 50.5 Å². The van der Waals surface area contributed by atoms with Gasteiger partial charge in [0.15, 0.2) is 0 Å². The molecule has 0 unspecified atom stereocenters. The fraction of sp³-hybridized carbons (Fsp3) is 0. The van der Waals surface area contributed by atoms with Crippen LogP contribution in [0.15, 0.2) is 231 Å². The normalized spacial score (nSPS) is 11.8. The number of hydrogen-bond donors (Lipinski definition) is 0. The van der Waals surface area contributed by atoms with Gasteiger partial charge in [0, 0.05) is 49.1 Å². The lowest BCUT2D eigenvalue weighted by molar-refractivity contribution is 0.776. The van der Waals surface area contributed by atoms with Gasteiger partial charge in [-0.15, -0.1) is 0 Å². The number of fused-ring (bicyclic) bond motifs is 10. The van der Waals surface area contributed by atoms with E-state index in [0.717, 1.165) is 72.4 Å². The number of nitrogens with zero attached hydrogens (tertiary/aromatic N) is 4. The molecule has 13 aromatic rings. The molecule has 0 radical (unpaired) electrons. The summed E-state index contributed by atoms with van der Waals surface area (Å²) in [6.07, 6.45) is 0. The zero-order valence-corrected chi connectivity index (χ0v) is 34.2. The highest BCUT2D eigenvalue weighted by molar-refractivity contribution is 6.23. The van der Waals surface area contributed by atoms with Crippen molar-refractivity contribution in [2.24, 2.45) is 0 Å².